The SMILES string of the molecule is CC1=C(C(c2ccc(Cl)cc2)(c2ccc(Cl)cc2)C2c3ccc(C(C)(C)C)cc3-c3cc(C(C)(C)C)ccc32)C=C(C(C)(C)c2ccccc2)C1. The highest BCUT2D eigenvalue weighted by Gasteiger charge is 2.52. The molecule has 0 nitrogen and oxygen atoms in total. The molecule has 0 fully saturated rings. The predicted octanol–water partition coefficient (Wildman–Crippen LogP) is 14.3. The van der Waals surface area contributed by atoms with E-state index in [-0.39, 0.29) is 22.2 Å². The van der Waals surface area contributed by atoms with Crippen molar-refractivity contribution >= 4 is 23.2 Å². The summed E-state index contributed by atoms with van der Waals surface area (Å²) in [5.41, 5.74) is 15.4. The van der Waals surface area contributed by atoms with Gasteiger partial charge in [0, 0.05) is 21.4 Å². The second-order valence-corrected chi connectivity index (χ2v) is 18.3. The quantitative estimate of drug-likeness (QED) is 0.165. The zero-order valence-electron chi connectivity index (χ0n) is 31.6. The maximum absolute atomic E-state index is 6.67. The largest absolute Gasteiger partial charge is 0.0843 e. The summed E-state index contributed by atoms with van der Waals surface area (Å²) in [6.45, 7) is 21.0. The van der Waals surface area contributed by atoms with Crippen molar-refractivity contribution in [3.05, 3.63) is 187 Å². The van der Waals surface area contributed by atoms with Crippen molar-refractivity contribution in [1.82, 2.24) is 0 Å². The maximum atomic E-state index is 6.67. The van der Waals surface area contributed by atoms with Crippen molar-refractivity contribution < 1.29 is 0 Å². The van der Waals surface area contributed by atoms with Gasteiger partial charge in [0.15, 0.2) is 0 Å². The maximum Gasteiger partial charge on any atom is 0.0560 e. The van der Waals surface area contributed by atoms with E-state index in [9.17, 15) is 0 Å². The zero-order valence-corrected chi connectivity index (χ0v) is 33.1. The molecule has 0 unspecified atom stereocenters. The number of rotatable bonds is 6. The molecule has 0 saturated heterocycles. The molecular formula is C49H50Cl2. The van der Waals surface area contributed by atoms with Crippen molar-refractivity contribution in [2.45, 2.75) is 96.3 Å². The van der Waals surface area contributed by atoms with E-state index in [4.69, 9.17) is 23.2 Å². The number of hydrogen-bond donors (Lipinski definition) is 0. The van der Waals surface area contributed by atoms with E-state index in [0.717, 1.165) is 16.5 Å². The van der Waals surface area contributed by atoms with Crippen LogP contribution in [0.1, 0.15) is 114 Å². The highest BCUT2D eigenvalue weighted by Crippen LogP contribution is 2.62. The molecule has 5 aromatic carbocycles. The standard InChI is InChI=1S/C49H50Cl2/c1-31-27-37(48(8,9)32-13-11-10-12-14-32)30-44(31)49(33-15-21-38(50)22-16-33,34-17-23-39(51)24-18-34)45-40-25-19-35(46(2,3)4)28-42(40)43-29-36(47(5,6)7)20-26-41(43)45/h10-26,28-30,45H,27H2,1-9H3. The molecule has 260 valence electrons. The first kappa shape index (κ1) is 35.6. The Labute approximate surface area is 316 Å². The molecule has 0 spiro atoms. The Morgan fingerprint density at radius 1 is 0.510 bits per heavy atom. The van der Waals surface area contributed by atoms with Gasteiger partial charge in [-0.15, -0.1) is 0 Å². The lowest BCUT2D eigenvalue weighted by Gasteiger charge is -2.43. The Bertz CT molecular complexity index is 2050. The van der Waals surface area contributed by atoms with Gasteiger partial charge in [-0.3, -0.25) is 0 Å². The molecule has 0 radical (unpaired) electrons. The van der Waals surface area contributed by atoms with Gasteiger partial charge in [-0.2, -0.15) is 0 Å². The monoisotopic (exact) mass is 708 g/mol. The van der Waals surface area contributed by atoms with Crippen molar-refractivity contribution in [2.24, 2.45) is 0 Å². The van der Waals surface area contributed by atoms with Crippen molar-refractivity contribution in [3.63, 3.8) is 0 Å². The smallest absolute Gasteiger partial charge is 0.0560 e. The third-order valence-electron chi connectivity index (χ3n) is 11.7. The number of fused-ring (bicyclic) bond motifs is 3. The van der Waals surface area contributed by atoms with E-state index in [1.54, 1.807) is 0 Å². The molecule has 0 heterocycles. The third kappa shape index (κ3) is 6.03. The Morgan fingerprint density at radius 2 is 0.941 bits per heavy atom. The van der Waals surface area contributed by atoms with Gasteiger partial charge in [-0.25, -0.2) is 0 Å². The summed E-state index contributed by atoms with van der Waals surface area (Å²) in [6, 6.07) is 42.8. The lowest BCUT2D eigenvalue weighted by Crippen LogP contribution is -2.37. The zero-order chi connectivity index (χ0) is 36.5. The second kappa shape index (κ2) is 12.7. The molecule has 2 heteroatoms. The Balaban J connectivity index is 1.60. The van der Waals surface area contributed by atoms with Crippen LogP contribution in [0.25, 0.3) is 11.1 Å². The highest BCUT2D eigenvalue weighted by atomic mass is 35.5. The first-order valence-corrected chi connectivity index (χ1v) is 19.1. The van der Waals surface area contributed by atoms with Gasteiger partial charge >= 0.3 is 0 Å². The first-order valence-electron chi connectivity index (χ1n) is 18.3. The normalized spacial score (nSPS) is 15.2. The summed E-state index contributed by atoms with van der Waals surface area (Å²) < 4.78 is 0. The Hall–Kier alpha value is -3.84. The molecule has 0 bridgehead atoms. The summed E-state index contributed by atoms with van der Waals surface area (Å²) in [6.07, 6.45) is 3.47. The number of allylic oxidation sites excluding steroid dienone is 4. The summed E-state index contributed by atoms with van der Waals surface area (Å²) in [5, 5.41) is 1.47. The Morgan fingerprint density at radius 3 is 1.37 bits per heavy atom. The molecule has 0 N–H and O–H groups in total. The van der Waals surface area contributed by atoms with Crippen LogP contribution in [0.3, 0.4) is 0 Å². The molecule has 7 rings (SSSR count). The molecule has 5 aromatic rings. The minimum Gasteiger partial charge on any atom is -0.0843 e. The molecule has 0 amide bonds. The fourth-order valence-corrected chi connectivity index (χ4v) is 8.92. The average Bonchev–Trinajstić information content (AvgIpc) is 3.65. The van der Waals surface area contributed by atoms with Gasteiger partial charge < -0.3 is 0 Å². The van der Waals surface area contributed by atoms with Gasteiger partial charge in [-0.05, 0) is 104 Å². The first-order chi connectivity index (χ1) is 24.0. The third-order valence-corrected chi connectivity index (χ3v) is 12.2. The lowest BCUT2D eigenvalue weighted by atomic mass is 9.58. The average molecular weight is 710 g/mol. The number of hydrogen-bond acceptors (Lipinski definition) is 0. The van der Waals surface area contributed by atoms with Crippen molar-refractivity contribution in [3.8, 4) is 11.1 Å². The van der Waals surface area contributed by atoms with E-state index in [1.807, 2.05) is 0 Å². The van der Waals surface area contributed by atoms with Crippen LogP contribution < -0.4 is 0 Å². The van der Waals surface area contributed by atoms with Crippen LogP contribution >= 0.6 is 23.2 Å². The fourth-order valence-electron chi connectivity index (χ4n) is 8.66. The van der Waals surface area contributed by atoms with Crippen molar-refractivity contribution in [1.29, 1.82) is 0 Å². The summed E-state index contributed by atoms with van der Waals surface area (Å²) in [7, 11) is 0. The molecule has 51 heavy (non-hydrogen) atoms. The van der Waals surface area contributed by atoms with Crippen LogP contribution in [0.15, 0.2) is 138 Å². The molecule has 0 aromatic heterocycles. The van der Waals surface area contributed by atoms with Crippen LogP contribution in [-0.4, -0.2) is 0 Å². The predicted molar refractivity (Wildman–Crippen MR) is 220 cm³/mol. The summed E-state index contributed by atoms with van der Waals surface area (Å²) in [4.78, 5) is 0. The molecule has 2 aliphatic carbocycles. The molecule has 0 atom stereocenters. The van der Waals surface area contributed by atoms with E-state index in [2.05, 4.69) is 184 Å². The number of benzene rings is 5. The Kier molecular flexibility index (Phi) is 8.84. The minimum atomic E-state index is -0.583. The van der Waals surface area contributed by atoms with Gasteiger partial charge in [0.1, 0.15) is 0 Å². The van der Waals surface area contributed by atoms with E-state index < -0.39 is 5.41 Å². The number of halogens is 2. The molecule has 0 saturated carbocycles. The van der Waals surface area contributed by atoms with Gasteiger partial charge in [-0.1, -0.05) is 187 Å². The topological polar surface area (TPSA) is 0 Å². The van der Waals surface area contributed by atoms with Gasteiger partial charge in [0.05, 0.1) is 5.41 Å². The van der Waals surface area contributed by atoms with Crippen LogP contribution in [0.5, 0.6) is 0 Å². The van der Waals surface area contributed by atoms with Crippen LogP contribution in [0.2, 0.25) is 10.0 Å². The van der Waals surface area contributed by atoms with E-state index in [1.165, 1.54) is 66.8 Å². The molecule has 2 aliphatic rings. The van der Waals surface area contributed by atoms with Crippen molar-refractivity contribution in [2.75, 3.05) is 0 Å². The second-order valence-electron chi connectivity index (χ2n) is 17.4. The van der Waals surface area contributed by atoms with Gasteiger partial charge in [0.2, 0.25) is 0 Å². The van der Waals surface area contributed by atoms with Gasteiger partial charge in [0.25, 0.3) is 0 Å². The minimum absolute atomic E-state index is 0.00623. The van der Waals surface area contributed by atoms with E-state index in [0.29, 0.717) is 0 Å². The van der Waals surface area contributed by atoms with Crippen LogP contribution in [-0.2, 0) is 21.7 Å². The summed E-state index contributed by atoms with van der Waals surface area (Å²) >= 11 is 13.3. The molecule has 0 aliphatic heterocycles. The fraction of sp³-hybridized carbons (Fsp3) is 0.306. The summed E-state index contributed by atoms with van der Waals surface area (Å²) in [5.74, 6) is -0.00623. The van der Waals surface area contributed by atoms with E-state index >= 15 is 0 Å². The van der Waals surface area contributed by atoms with Crippen LogP contribution in [0.4, 0.5) is 0 Å². The highest BCUT2D eigenvalue weighted by molar-refractivity contribution is 6.30. The molecular weight excluding hydrogens is 659 g/mol. The van der Waals surface area contributed by atoms with Crippen LogP contribution in [0, 0.1) is 0 Å². The lowest BCUT2D eigenvalue weighted by molar-refractivity contribution is 0.539.